The summed E-state index contributed by atoms with van der Waals surface area (Å²) in [5.41, 5.74) is 0. The first kappa shape index (κ1) is 33.8. The molecular formula is C24H34O17. The summed E-state index contributed by atoms with van der Waals surface area (Å²) in [7, 11) is 0. The van der Waals surface area contributed by atoms with Crippen molar-refractivity contribution in [2.75, 3.05) is 13.2 Å². The van der Waals surface area contributed by atoms with Crippen LogP contribution in [0.5, 0.6) is 0 Å². The molecule has 0 saturated carbocycles. The van der Waals surface area contributed by atoms with Gasteiger partial charge in [0, 0.05) is 41.5 Å². The standard InChI is InChI=1S/C24H34O17/c1-9(25)33-7-15-19(35-11(3)27)17(31)18(32)23(39-15)41-24-22(38-14(6)30)21(37-13(5)29)20(36-12(4)28)16(40-24)8-34-10(2)26/h15-24,31-32H,7-8H2,1-6H3/t15?,16?,17-,18?,19-,20-,21-,22?,23-,24-/m1/s1. The Hall–Kier alpha value is -3.38. The zero-order valence-electron chi connectivity index (χ0n) is 23.2. The van der Waals surface area contributed by atoms with E-state index in [9.17, 15) is 39.0 Å². The van der Waals surface area contributed by atoms with Crippen LogP contribution in [-0.2, 0) is 71.4 Å². The van der Waals surface area contributed by atoms with E-state index in [1.807, 2.05) is 0 Å². The van der Waals surface area contributed by atoms with Crippen molar-refractivity contribution < 1.29 is 81.6 Å². The van der Waals surface area contributed by atoms with E-state index in [1.165, 1.54) is 0 Å². The first-order valence-electron chi connectivity index (χ1n) is 12.4. The molecule has 0 spiro atoms. The van der Waals surface area contributed by atoms with E-state index < -0.39 is 110 Å². The minimum atomic E-state index is -1.92. The molecule has 2 aliphatic heterocycles. The number of hydrogen-bond acceptors (Lipinski definition) is 17. The predicted molar refractivity (Wildman–Crippen MR) is 126 cm³/mol. The van der Waals surface area contributed by atoms with Crippen molar-refractivity contribution in [1.29, 1.82) is 0 Å². The molecule has 0 amide bonds. The molecule has 2 N–H and O–H groups in total. The number of aliphatic hydroxyl groups is 2. The van der Waals surface area contributed by atoms with Crippen LogP contribution < -0.4 is 0 Å². The van der Waals surface area contributed by atoms with Gasteiger partial charge in [0.25, 0.3) is 0 Å². The Labute approximate surface area is 234 Å². The van der Waals surface area contributed by atoms with Crippen molar-refractivity contribution in [3.8, 4) is 0 Å². The quantitative estimate of drug-likeness (QED) is 0.206. The highest BCUT2D eigenvalue weighted by molar-refractivity contribution is 5.69. The van der Waals surface area contributed by atoms with Gasteiger partial charge in [-0.15, -0.1) is 0 Å². The van der Waals surface area contributed by atoms with E-state index >= 15 is 0 Å². The summed E-state index contributed by atoms with van der Waals surface area (Å²) in [5.74, 6) is -4.94. The third-order valence-electron chi connectivity index (χ3n) is 5.61. The van der Waals surface area contributed by atoms with Crippen LogP contribution in [0.2, 0.25) is 0 Å². The molecule has 2 heterocycles. The average molecular weight is 595 g/mol. The van der Waals surface area contributed by atoms with Crippen LogP contribution in [0.1, 0.15) is 41.5 Å². The molecule has 2 fully saturated rings. The maximum absolute atomic E-state index is 12.0. The molecule has 2 aliphatic rings. The van der Waals surface area contributed by atoms with Crippen molar-refractivity contribution in [2.45, 2.75) is 103 Å². The number of ether oxygens (including phenoxy) is 9. The van der Waals surface area contributed by atoms with Gasteiger partial charge < -0.3 is 52.8 Å². The van der Waals surface area contributed by atoms with E-state index in [4.69, 9.17) is 42.6 Å². The molecule has 2 rings (SSSR count). The maximum atomic E-state index is 12.0. The molecule has 17 heteroatoms. The lowest BCUT2D eigenvalue weighted by Gasteiger charge is -2.47. The normalized spacial score (nSPS) is 33.1. The second-order valence-corrected chi connectivity index (χ2v) is 9.10. The van der Waals surface area contributed by atoms with Gasteiger partial charge >= 0.3 is 35.8 Å². The van der Waals surface area contributed by atoms with Crippen molar-refractivity contribution in [3.05, 3.63) is 0 Å². The largest absolute Gasteiger partial charge is 0.463 e. The number of aliphatic hydroxyl groups excluding tert-OH is 2. The topological polar surface area (TPSA) is 226 Å². The van der Waals surface area contributed by atoms with E-state index in [2.05, 4.69) is 0 Å². The van der Waals surface area contributed by atoms with E-state index in [-0.39, 0.29) is 0 Å². The number of rotatable bonds is 10. The van der Waals surface area contributed by atoms with Crippen LogP contribution in [0.4, 0.5) is 0 Å². The molecule has 0 aromatic rings. The number of carbonyl (C=O) groups excluding carboxylic acids is 6. The molecule has 0 bridgehead atoms. The van der Waals surface area contributed by atoms with Crippen LogP contribution in [0.3, 0.4) is 0 Å². The lowest BCUT2D eigenvalue weighted by molar-refractivity contribution is -0.377. The summed E-state index contributed by atoms with van der Waals surface area (Å²) in [6.07, 6.45) is -16.2. The zero-order chi connectivity index (χ0) is 31.0. The van der Waals surface area contributed by atoms with Gasteiger partial charge in [0.2, 0.25) is 6.29 Å². The summed E-state index contributed by atoms with van der Waals surface area (Å²) in [6, 6.07) is 0. The Morgan fingerprint density at radius 2 is 0.902 bits per heavy atom. The van der Waals surface area contributed by atoms with Gasteiger partial charge in [-0.25, -0.2) is 0 Å². The monoisotopic (exact) mass is 594 g/mol. The van der Waals surface area contributed by atoms with Gasteiger partial charge in [-0.2, -0.15) is 0 Å². The average Bonchev–Trinajstić information content (AvgIpc) is 2.84. The second-order valence-electron chi connectivity index (χ2n) is 9.10. The minimum absolute atomic E-state index is 0.532. The van der Waals surface area contributed by atoms with Crippen LogP contribution in [0, 0.1) is 0 Å². The molecule has 4 unspecified atom stereocenters. The highest BCUT2D eigenvalue weighted by atomic mass is 16.8. The van der Waals surface area contributed by atoms with Crippen molar-refractivity contribution in [3.63, 3.8) is 0 Å². The summed E-state index contributed by atoms with van der Waals surface area (Å²) in [5, 5.41) is 21.5. The highest BCUT2D eigenvalue weighted by Crippen LogP contribution is 2.33. The molecule has 0 radical (unpaired) electrons. The van der Waals surface area contributed by atoms with E-state index in [0.717, 1.165) is 41.5 Å². The molecule has 0 aromatic heterocycles. The molecule has 2 saturated heterocycles. The SMILES string of the molecule is CC(=O)OCC1O[C@H](O[C@H]2OC(COC(C)=O)[C@@H](OC(C)=O)[C@@H](OC(C)=O)C2OC(C)=O)C(O)[C@@H](O)[C@@H]1OC(C)=O. The molecule has 41 heavy (non-hydrogen) atoms. The van der Waals surface area contributed by atoms with Crippen LogP contribution in [0.15, 0.2) is 0 Å². The molecule has 17 nitrogen and oxygen atoms in total. The smallest absolute Gasteiger partial charge is 0.303 e. The molecular weight excluding hydrogens is 560 g/mol. The summed E-state index contributed by atoms with van der Waals surface area (Å²) < 4.78 is 48.0. The Bertz CT molecular complexity index is 981. The summed E-state index contributed by atoms with van der Waals surface area (Å²) in [6.45, 7) is 5.26. The fourth-order valence-electron chi connectivity index (χ4n) is 4.12. The van der Waals surface area contributed by atoms with E-state index in [0.29, 0.717) is 0 Å². The first-order chi connectivity index (χ1) is 19.1. The Kier molecular flexibility index (Phi) is 12.4. The van der Waals surface area contributed by atoms with Gasteiger partial charge in [0.05, 0.1) is 0 Å². The Morgan fingerprint density at radius 3 is 1.37 bits per heavy atom. The second kappa shape index (κ2) is 15.0. The predicted octanol–water partition coefficient (Wildman–Crippen LogP) is -1.97. The minimum Gasteiger partial charge on any atom is -0.463 e. The fraction of sp³-hybridized carbons (Fsp3) is 0.750. The van der Waals surface area contributed by atoms with Gasteiger partial charge in [-0.1, -0.05) is 0 Å². The van der Waals surface area contributed by atoms with E-state index in [1.54, 1.807) is 0 Å². The lowest BCUT2D eigenvalue weighted by atomic mass is 9.97. The van der Waals surface area contributed by atoms with Crippen LogP contribution in [-0.4, -0.2) is 121 Å². The Morgan fingerprint density at radius 1 is 0.512 bits per heavy atom. The van der Waals surface area contributed by atoms with Gasteiger partial charge in [0.15, 0.2) is 30.7 Å². The van der Waals surface area contributed by atoms with Crippen LogP contribution in [0.25, 0.3) is 0 Å². The maximum Gasteiger partial charge on any atom is 0.303 e. The van der Waals surface area contributed by atoms with Crippen LogP contribution >= 0.6 is 0 Å². The third kappa shape index (κ3) is 9.89. The molecule has 0 aliphatic carbocycles. The van der Waals surface area contributed by atoms with Crippen molar-refractivity contribution in [2.24, 2.45) is 0 Å². The number of esters is 6. The van der Waals surface area contributed by atoms with Crippen molar-refractivity contribution >= 4 is 35.8 Å². The van der Waals surface area contributed by atoms with Gasteiger partial charge in [0.1, 0.15) is 37.6 Å². The fourth-order valence-corrected chi connectivity index (χ4v) is 4.12. The molecule has 10 atom stereocenters. The number of carbonyl (C=O) groups is 6. The highest BCUT2D eigenvalue weighted by Gasteiger charge is 2.55. The molecule has 0 aromatic carbocycles. The van der Waals surface area contributed by atoms with Gasteiger partial charge in [-0.3, -0.25) is 28.8 Å². The lowest BCUT2D eigenvalue weighted by Crippen LogP contribution is -2.66. The summed E-state index contributed by atoms with van der Waals surface area (Å²) >= 11 is 0. The zero-order valence-corrected chi connectivity index (χ0v) is 23.2. The number of hydrogen-bond donors (Lipinski definition) is 2. The first-order valence-corrected chi connectivity index (χ1v) is 12.4. The van der Waals surface area contributed by atoms with Gasteiger partial charge in [-0.05, 0) is 0 Å². The third-order valence-corrected chi connectivity index (χ3v) is 5.61. The van der Waals surface area contributed by atoms with Crippen molar-refractivity contribution in [1.82, 2.24) is 0 Å². The Balaban J connectivity index is 2.46. The summed E-state index contributed by atoms with van der Waals surface area (Å²) in [4.78, 5) is 70.3. The molecule has 232 valence electrons.